The molecular formula is C8H11BrClNO4. The zero-order valence-corrected chi connectivity index (χ0v) is 10.5. The Morgan fingerprint density at radius 3 is 2.60 bits per heavy atom. The number of halogens is 2. The van der Waals surface area contributed by atoms with E-state index in [2.05, 4.69) is 25.8 Å². The number of carbonyl (C=O) groups is 2. The van der Waals surface area contributed by atoms with E-state index in [4.69, 9.17) is 16.4 Å². The molecule has 86 valence electrons. The molecule has 0 bridgehead atoms. The van der Waals surface area contributed by atoms with Crippen molar-refractivity contribution in [3.8, 4) is 0 Å². The number of hydrogen-bond acceptors (Lipinski definition) is 5. The first kappa shape index (κ1) is 14.4. The fraction of sp³-hybridized carbons (Fsp3) is 0.625. The smallest absolute Gasteiger partial charge is 0.364 e. The van der Waals surface area contributed by atoms with Gasteiger partial charge in [-0.2, -0.15) is 0 Å². The molecule has 0 N–H and O–H groups in total. The first-order chi connectivity index (χ1) is 7.17. The lowest BCUT2D eigenvalue weighted by Gasteiger charge is -2.02. The monoisotopic (exact) mass is 299 g/mol. The van der Waals surface area contributed by atoms with Gasteiger partial charge in [-0.25, -0.2) is 4.79 Å². The molecule has 0 rings (SSSR count). The lowest BCUT2D eigenvalue weighted by molar-refractivity contribution is -0.135. The van der Waals surface area contributed by atoms with Gasteiger partial charge < -0.3 is 9.57 Å². The largest absolute Gasteiger partial charge is 0.461 e. The number of alkyl halides is 2. The van der Waals surface area contributed by atoms with Gasteiger partial charge in [0.25, 0.3) is 0 Å². The van der Waals surface area contributed by atoms with Crippen LogP contribution in [0, 0.1) is 0 Å². The minimum atomic E-state index is -0.822. The molecule has 0 atom stereocenters. The average Bonchev–Trinajstić information content (AvgIpc) is 2.23. The first-order valence-electron chi connectivity index (χ1n) is 4.19. The van der Waals surface area contributed by atoms with Gasteiger partial charge in [-0.3, -0.25) is 4.79 Å². The highest BCUT2D eigenvalue weighted by molar-refractivity contribution is 9.09. The van der Waals surface area contributed by atoms with Crippen molar-refractivity contribution >= 4 is 45.0 Å². The molecular weight excluding hydrogens is 289 g/mol. The third-order valence-corrected chi connectivity index (χ3v) is 1.75. The van der Waals surface area contributed by atoms with E-state index in [-0.39, 0.29) is 19.1 Å². The summed E-state index contributed by atoms with van der Waals surface area (Å²) in [6, 6.07) is 0. The highest BCUT2D eigenvalue weighted by Gasteiger charge is 2.21. The van der Waals surface area contributed by atoms with Gasteiger partial charge in [0.05, 0.1) is 12.5 Å². The Morgan fingerprint density at radius 2 is 2.13 bits per heavy atom. The van der Waals surface area contributed by atoms with Gasteiger partial charge in [-0.05, 0) is 6.92 Å². The molecule has 0 radical (unpaired) electrons. The zero-order chi connectivity index (χ0) is 11.7. The number of carbonyl (C=O) groups excluding carboxylic acids is 2. The van der Waals surface area contributed by atoms with Gasteiger partial charge in [-0.15, -0.1) is 11.6 Å². The minimum Gasteiger partial charge on any atom is -0.461 e. The maximum atomic E-state index is 11.2. The van der Waals surface area contributed by atoms with E-state index < -0.39 is 17.5 Å². The van der Waals surface area contributed by atoms with Crippen LogP contribution in [0.2, 0.25) is 0 Å². The van der Waals surface area contributed by atoms with E-state index in [1.807, 2.05) is 0 Å². The van der Waals surface area contributed by atoms with Crippen LogP contribution >= 0.6 is 27.5 Å². The van der Waals surface area contributed by atoms with E-state index in [0.29, 0.717) is 5.33 Å². The summed E-state index contributed by atoms with van der Waals surface area (Å²) in [4.78, 5) is 27.1. The summed E-state index contributed by atoms with van der Waals surface area (Å²) in [5.74, 6) is -1.78. The van der Waals surface area contributed by atoms with E-state index in [1.165, 1.54) is 0 Å². The molecule has 0 aliphatic heterocycles. The lowest BCUT2D eigenvalue weighted by atomic mass is 10.3. The number of ether oxygens (including phenoxy) is 1. The molecule has 0 amide bonds. The van der Waals surface area contributed by atoms with Crippen LogP contribution in [0.1, 0.15) is 6.92 Å². The van der Waals surface area contributed by atoms with Crippen LogP contribution in [-0.2, 0) is 19.2 Å². The Morgan fingerprint density at radius 1 is 1.47 bits per heavy atom. The topological polar surface area (TPSA) is 65.0 Å². The third-order valence-electron chi connectivity index (χ3n) is 1.18. The van der Waals surface area contributed by atoms with Crippen molar-refractivity contribution in [1.82, 2.24) is 0 Å². The number of Topliss-reactive ketones (excluding diaryl/α,β-unsaturated/α-hetero) is 1. The number of hydrogen-bond donors (Lipinski definition) is 0. The second-order valence-electron chi connectivity index (χ2n) is 2.24. The van der Waals surface area contributed by atoms with E-state index >= 15 is 0 Å². The fourth-order valence-corrected chi connectivity index (χ4v) is 0.881. The molecule has 0 spiro atoms. The lowest BCUT2D eigenvalue weighted by Crippen LogP contribution is -2.27. The van der Waals surface area contributed by atoms with Crippen LogP contribution in [0.4, 0.5) is 0 Å². The SMILES string of the molecule is CCOC(=O)C(=NOCCBr)C(=O)CCl. The normalized spacial score (nSPS) is 11.0. The summed E-state index contributed by atoms with van der Waals surface area (Å²) >= 11 is 8.40. The number of ketones is 1. The number of nitrogens with zero attached hydrogens (tertiary/aromatic N) is 1. The fourth-order valence-electron chi connectivity index (χ4n) is 0.609. The molecule has 5 nitrogen and oxygen atoms in total. The van der Waals surface area contributed by atoms with Gasteiger partial charge in [-0.1, -0.05) is 21.1 Å². The van der Waals surface area contributed by atoms with Crippen molar-refractivity contribution in [1.29, 1.82) is 0 Å². The number of esters is 1. The van der Waals surface area contributed by atoms with Gasteiger partial charge in [0.1, 0.15) is 6.61 Å². The highest BCUT2D eigenvalue weighted by atomic mass is 79.9. The predicted molar refractivity (Wildman–Crippen MR) is 59.5 cm³/mol. The third kappa shape index (κ3) is 5.74. The van der Waals surface area contributed by atoms with E-state index in [1.54, 1.807) is 6.92 Å². The standard InChI is InChI=1S/C8H11BrClNO4/c1-2-14-8(13)7(6(12)5-10)11-15-4-3-9/h2-5H2,1H3. The van der Waals surface area contributed by atoms with Crippen LogP contribution in [0.5, 0.6) is 0 Å². The van der Waals surface area contributed by atoms with Crippen LogP contribution < -0.4 is 0 Å². The second kappa shape index (κ2) is 8.67. The van der Waals surface area contributed by atoms with Crippen molar-refractivity contribution in [2.75, 3.05) is 24.4 Å². The maximum absolute atomic E-state index is 11.2. The van der Waals surface area contributed by atoms with Gasteiger partial charge in [0.2, 0.25) is 11.5 Å². The van der Waals surface area contributed by atoms with Gasteiger partial charge >= 0.3 is 5.97 Å². The Bertz CT molecular complexity index is 257. The summed E-state index contributed by atoms with van der Waals surface area (Å²) in [7, 11) is 0. The van der Waals surface area contributed by atoms with Gasteiger partial charge in [0, 0.05) is 5.33 Å². The summed E-state index contributed by atoms with van der Waals surface area (Å²) in [6.07, 6.45) is 0. The van der Waals surface area contributed by atoms with Crippen LogP contribution in [0.3, 0.4) is 0 Å². The Hall–Kier alpha value is -0.620. The molecule has 0 fully saturated rings. The molecule has 0 aromatic carbocycles. The first-order valence-corrected chi connectivity index (χ1v) is 5.85. The van der Waals surface area contributed by atoms with E-state index in [0.717, 1.165) is 0 Å². The Kier molecular flexibility index (Phi) is 8.31. The molecule has 0 aliphatic carbocycles. The summed E-state index contributed by atoms with van der Waals surface area (Å²) in [5, 5.41) is 3.92. The minimum absolute atomic E-state index is 0.159. The van der Waals surface area contributed by atoms with Gasteiger partial charge in [0.15, 0.2) is 0 Å². The Labute approximate surface area is 101 Å². The molecule has 0 saturated carbocycles. The van der Waals surface area contributed by atoms with Crippen molar-refractivity contribution in [3.63, 3.8) is 0 Å². The van der Waals surface area contributed by atoms with Crippen molar-refractivity contribution in [3.05, 3.63) is 0 Å². The van der Waals surface area contributed by atoms with Crippen LogP contribution in [0.15, 0.2) is 5.16 Å². The van der Waals surface area contributed by atoms with E-state index in [9.17, 15) is 9.59 Å². The molecule has 0 heterocycles. The molecule has 0 unspecified atom stereocenters. The van der Waals surface area contributed by atoms with Crippen LogP contribution in [-0.4, -0.2) is 41.9 Å². The quantitative estimate of drug-likeness (QED) is 0.176. The molecule has 0 aliphatic rings. The predicted octanol–water partition coefficient (Wildman–Crippen LogP) is 1.12. The second-order valence-corrected chi connectivity index (χ2v) is 3.30. The van der Waals surface area contributed by atoms with Crippen LogP contribution in [0.25, 0.3) is 0 Å². The molecule has 15 heavy (non-hydrogen) atoms. The Balaban J connectivity index is 4.49. The van der Waals surface area contributed by atoms with Crippen molar-refractivity contribution in [2.45, 2.75) is 6.92 Å². The number of rotatable bonds is 7. The summed E-state index contributed by atoms with van der Waals surface area (Å²) < 4.78 is 4.62. The molecule has 0 aromatic heterocycles. The average molecular weight is 301 g/mol. The molecule has 0 saturated heterocycles. The highest BCUT2D eigenvalue weighted by Crippen LogP contribution is 1.93. The zero-order valence-electron chi connectivity index (χ0n) is 8.16. The van der Waals surface area contributed by atoms with Crippen molar-refractivity contribution < 1.29 is 19.2 Å². The molecule has 0 aromatic rings. The summed E-state index contributed by atoms with van der Waals surface area (Å²) in [6.45, 7) is 2.03. The maximum Gasteiger partial charge on any atom is 0.364 e. The number of oxime groups is 1. The molecule has 7 heteroatoms. The summed E-state index contributed by atoms with van der Waals surface area (Å²) in [5.41, 5.74) is -0.409. The van der Waals surface area contributed by atoms with Crippen molar-refractivity contribution in [2.24, 2.45) is 5.16 Å².